The lowest BCUT2D eigenvalue weighted by molar-refractivity contribution is -0.144. The Hall–Kier alpha value is -2.05. The summed E-state index contributed by atoms with van der Waals surface area (Å²) in [6.45, 7) is 0. The third kappa shape index (κ3) is 4.46. The first-order valence-electron chi connectivity index (χ1n) is 7.54. The highest BCUT2D eigenvalue weighted by Gasteiger charge is 2.31. The van der Waals surface area contributed by atoms with Crippen LogP contribution in [0.5, 0.6) is 0 Å². The molecule has 1 aromatic rings. The Morgan fingerprint density at radius 3 is 2.43 bits per heavy atom. The minimum absolute atomic E-state index is 0.0171. The van der Waals surface area contributed by atoms with Crippen LogP contribution < -0.4 is 5.32 Å². The van der Waals surface area contributed by atoms with Crippen molar-refractivity contribution in [3.63, 3.8) is 0 Å². The lowest BCUT2D eigenvalue weighted by atomic mass is 9.94. The maximum Gasteiger partial charge on any atom is 0.416 e. The van der Waals surface area contributed by atoms with Gasteiger partial charge in [0.1, 0.15) is 0 Å². The number of alkyl halides is 3. The number of carbonyl (C=O) groups is 2. The Morgan fingerprint density at radius 1 is 1.17 bits per heavy atom. The summed E-state index contributed by atoms with van der Waals surface area (Å²) in [4.78, 5) is 25.5. The fourth-order valence-corrected chi connectivity index (χ4v) is 2.75. The van der Waals surface area contributed by atoms with Crippen LogP contribution in [0, 0.1) is 0 Å². The molecule has 2 amide bonds. The molecule has 0 unspecified atom stereocenters. The van der Waals surface area contributed by atoms with E-state index in [2.05, 4.69) is 5.32 Å². The van der Waals surface area contributed by atoms with E-state index < -0.39 is 23.6 Å². The van der Waals surface area contributed by atoms with Crippen LogP contribution >= 0.6 is 0 Å². The van der Waals surface area contributed by atoms with E-state index in [1.807, 2.05) is 0 Å². The number of anilines is 1. The van der Waals surface area contributed by atoms with E-state index >= 15 is 0 Å². The van der Waals surface area contributed by atoms with Gasteiger partial charge in [-0.25, -0.2) is 0 Å². The Kier molecular flexibility index (Phi) is 5.28. The largest absolute Gasteiger partial charge is 0.416 e. The van der Waals surface area contributed by atoms with Gasteiger partial charge in [0.05, 0.1) is 5.56 Å². The number of rotatable bonds is 2. The van der Waals surface area contributed by atoms with E-state index in [-0.39, 0.29) is 11.7 Å². The van der Waals surface area contributed by atoms with Crippen LogP contribution in [0.15, 0.2) is 24.3 Å². The van der Waals surface area contributed by atoms with Crippen molar-refractivity contribution in [2.75, 3.05) is 12.4 Å². The average Bonchev–Trinajstić information content (AvgIpc) is 2.53. The molecule has 0 aliphatic heterocycles. The molecule has 126 valence electrons. The second-order valence-electron chi connectivity index (χ2n) is 5.74. The standard InChI is InChI=1S/C16H19F3N2O2/c1-21(13-8-3-2-4-9-13)15(23)14(22)20-12-7-5-6-11(10-12)16(17,18)19/h5-7,10,13H,2-4,8-9H2,1H3,(H,20,22). The van der Waals surface area contributed by atoms with Crippen LogP contribution in [0.1, 0.15) is 37.7 Å². The molecule has 0 spiro atoms. The van der Waals surface area contributed by atoms with E-state index in [0.717, 1.165) is 44.2 Å². The second-order valence-corrected chi connectivity index (χ2v) is 5.74. The van der Waals surface area contributed by atoms with Gasteiger partial charge in [0.15, 0.2) is 0 Å². The van der Waals surface area contributed by atoms with E-state index in [9.17, 15) is 22.8 Å². The minimum atomic E-state index is -4.50. The number of carbonyl (C=O) groups excluding carboxylic acids is 2. The fraction of sp³-hybridized carbons (Fsp3) is 0.500. The molecule has 0 aromatic heterocycles. The molecule has 23 heavy (non-hydrogen) atoms. The van der Waals surface area contributed by atoms with E-state index in [0.29, 0.717) is 0 Å². The highest BCUT2D eigenvalue weighted by molar-refractivity contribution is 6.39. The number of benzene rings is 1. The number of likely N-dealkylation sites (N-methyl/N-ethyl adjacent to an activating group) is 1. The van der Waals surface area contributed by atoms with Crippen molar-refractivity contribution in [1.82, 2.24) is 4.90 Å². The van der Waals surface area contributed by atoms with Crippen LogP contribution in [0.25, 0.3) is 0 Å². The molecule has 7 heteroatoms. The lowest BCUT2D eigenvalue weighted by Crippen LogP contribution is -2.44. The SMILES string of the molecule is CN(C(=O)C(=O)Nc1cccc(C(F)(F)F)c1)C1CCCCC1. The molecule has 1 fully saturated rings. The van der Waals surface area contributed by atoms with Gasteiger partial charge < -0.3 is 10.2 Å². The van der Waals surface area contributed by atoms with E-state index in [1.54, 1.807) is 7.05 Å². The average molecular weight is 328 g/mol. The van der Waals surface area contributed by atoms with Crippen molar-refractivity contribution in [2.45, 2.75) is 44.3 Å². The molecule has 1 aromatic carbocycles. The zero-order valence-electron chi connectivity index (χ0n) is 12.8. The highest BCUT2D eigenvalue weighted by Crippen LogP contribution is 2.30. The molecule has 0 bridgehead atoms. The maximum absolute atomic E-state index is 12.6. The van der Waals surface area contributed by atoms with Gasteiger partial charge in [-0.2, -0.15) is 13.2 Å². The van der Waals surface area contributed by atoms with Gasteiger partial charge in [0, 0.05) is 18.8 Å². The molecule has 0 atom stereocenters. The monoisotopic (exact) mass is 328 g/mol. The summed E-state index contributed by atoms with van der Waals surface area (Å²) >= 11 is 0. The highest BCUT2D eigenvalue weighted by atomic mass is 19.4. The Labute approximate surface area is 132 Å². The Balaban J connectivity index is 2.02. The predicted molar refractivity (Wildman–Crippen MR) is 79.7 cm³/mol. The molecule has 0 heterocycles. The number of hydrogen-bond donors (Lipinski definition) is 1. The molecule has 2 rings (SSSR count). The van der Waals surface area contributed by atoms with Gasteiger partial charge in [-0.1, -0.05) is 25.3 Å². The van der Waals surface area contributed by atoms with Crippen molar-refractivity contribution in [3.05, 3.63) is 29.8 Å². The summed E-state index contributed by atoms with van der Waals surface area (Å²) in [7, 11) is 1.56. The third-order valence-electron chi connectivity index (χ3n) is 4.08. The quantitative estimate of drug-likeness (QED) is 0.846. The van der Waals surface area contributed by atoms with Crippen LogP contribution in [-0.4, -0.2) is 29.8 Å². The minimum Gasteiger partial charge on any atom is -0.335 e. The Bertz CT molecular complexity index is 581. The number of nitrogens with one attached hydrogen (secondary N) is 1. The summed E-state index contributed by atoms with van der Waals surface area (Å²) in [5, 5.41) is 2.24. The maximum atomic E-state index is 12.6. The van der Waals surface area contributed by atoms with Crippen molar-refractivity contribution < 1.29 is 22.8 Å². The van der Waals surface area contributed by atoms with E-state index in [1.165, 1.54) is 17.0 Å². The fourth-order valence-electron chi connectivity index (χ4n) is 2.75. The molecule has 1 N–H and O–H groups in total. The molecule has 0 radical (unpaired) electrons. The molecular weight excluding hydrogens is 309 g/mol. The summed E-state index contributed by atoms with van der Waals surface area (Å²) in [6.07, 6.45) is 0.339. The van der Waals surface area contributed by atoms with Gasteiger partial charge in [-0.3, -0.25) is 9.59 Å². The molecule has 1 saturated carbocycles. The van der Waals surface area contributed by atoms with Gasteiger partial charge in [-0.05, 0) is 31.0 Å². The Morgan fingerprint density at radius 2 is 1.83 bits per heavy atom. The summed E-state index contributed by atoms with van der Waals surface area (Å²) in [6, 6.07) is 4.25. The first-order valence-corrected chi connectivity index (χ1v) is 7.54. The number of nitrogens with zero attached hydrogens (tertiary/aromatic N) is 1. The molecule has 1 aliphatic carbocycles. The summed E-state index contributed by atoms with van der Waals surface area (Å²) in [5.41, 5.74) is -0.918. The van der Waals surface area contributed by atoms with Gasteiger partial charge >= 0.3 is 18.0 Å². The van der Waals surface area contributed by atoms with Crippen LogP contribution in [0.4, 0.5) is 18.9 Å². The normalized spacial score (nSPS) is 16.0. The molecule has 4 nitrogen and oxygen atoms in total. The van der Waals surface area contributed by atoms with Crippen LogP contribution in [0.2, 0.25) is 0 Å². The van der Waals surface area contributed by atoms with Crippen molar-refractivity contribution in [2.24, 2.45) is 0 Å². The summed E-state index contributed by atoms with van der Waals surface area (Å²) in [5.74, 6) is -1.65. The van der Waals surface area contributed by atoms with Crippen LogP contribution in [0.3, 0.4) is 0 Å². The van der Waals surface area contributed by atoms with Crippen LogP contribution in [-0.2, 0) is 15.8 Å². The second kappa shape index (κ2) is 7.02. The smallest absolute Gasteiger partial charge is 0.335 e. The number of hydrogen-bond acceptors (Lipinski definition) is 2. The molecule has 1 aliphatic rings. The molecular formula is C16H19F3N2O2. The zero-order valence-corrected chi connectivity index (χ0v) is 12.8. The molecule has 0 saturated heterocycles. The number of amides is 2. The third-order valence-corrected chi connectivity index (χ3v) is 4.08. The predicted octanol–water partition coefficient (Wildman–Crippen LogP) is 3.44. The summed E-state index contributed by atoms with van der Waals surface area (Å²) < 4.78 is 37.9. The van der Waals surface area contributed by atoms with E-state index in [4.69, 9.17) is 0 Å². The van der Waals surface area contributed by atoms with Crippen molar-refractivity contribution >= 4 is 17.5 Å². The van der Waals surface area contributed by atoms with Gasteiger partial charge in [-0.15, -0.1) is 0 Å². The lowest BCUT2D eigenvalue weighted by Gasteiger charge is -2.30. The van der Waals surface area contributed by atoms with Gasteiger partial charge in [0.2, 0.25) is 0 Å². The topological polar surface area (TPSA) is 49.4 Å². The van der Waals surface area contributed by atoms with Crippen molar-refractivity contribution in [3.8, 4) is 0 Å². The number of halogens is 3. The zero-order chi connectivity index (χ0) is 17.0. The first-order chi connectivity index (χ1) is 10.8. The first kappa shape index (κ1) is 17.3. The van der Waals surface area contributed by atoms with Crippen molar-refractivity contribution in [1.29, 1.82) is 0 Å². The van der Waals surface area contributed by atoms with Gasteiger partial charge in [0.25, 0.3) is 0 Å².